The van der Waals surface area contributed by atoms with Gasteiger partial charge in [0.15, 0.2) is 0 Å². The molecule has 3 rings (SSSR count). The van der Waals surface area contributed by atoms with Gasteiger partial charge in [0.1, 0.15) is 0 Å². The number of amides is 1. The summed E-state index contributed by atoms with van der Waals surface area (Å²) < 4.78 is 0. The van der Waals surface area contributed by atoms with Gasteiger partial charge >= 0.3 is 5.97 Å². The molecule has 0 aliphatic carbocycles. The van der Waals surface area contributed by atoms with Crippen LogP contribution in [0.1, 0.15) is 20.7 Å². The number of aromatic amines is 1. The van der Waals surface area contributed by atoms with Gasteiger partial charge in [-0.1, -0.05) is 6.07 Å². The highest BCUT2D eigenvalue weighted by atomic mass is 16.4. The number of fused-ring (bicyclic) bond motifs is 1. The molecule has 0 radical (unpaired) electrons. The van der Waals surface area contributed by atoms with Gasteiger partial charge in [-0.2, -0.15) is 0 Å². The van der Waals surface area contributed by atoms with Crippen LogP contribution in [-0.2, 0) is 0 Å². The molecule has 2 aromatic heterocycles. The Kier molecular flexibility index (Phi) is 3.12. The molecule has 21 heavy (non-hydrogen) atoms. The summed E-state index contributed by atoms with van der Waals surface area (Å²) in [6.45, 7) is 0. The lowest BCUT2D eigenvalue weighted by Crippen LogP contribution is -2.12. The number of benzene rings is 1. The van der Waals surface area contributed by atoms with Crippen molar-refractivity contribution in [2.24, 2.45) is 0 Å². The smallest absolute Gasteiger partial charge is 0.337 e. The van der Waals surface area contributed by atoms with Crippen molar-refractivity contribution in [2.45, 2.75) is 0 Å². The number of hydrogen-bond acceptors (Lipinski definition) is 3. The minimum atomic E-state index is -1.09. The van der Waals surface area contributed by atoms with E-state index in [1.165, 1.54) is 18.5 Å². The lowest BCUT2D eigenvalue weighted by atomic mass is 10.1. The van der Waals surface area contributed by atoms with Gasteiger partial charge in [0, 0.05) is 23.5 Å². The van der Waals surface area contributed by atoms with Crippen molar-refractivity contribution in [3.8, 4) is 0 Å². The lowest BCUT2D eigenvalue weighted by Gasteiger charge is -2.05. The number of aromatic carboxylic acids is 1. The molecule has 0 saturated carbocycles. The second kappa shape index (κ2) is 5.09. The second-order valence-corrected chi connectivity index (χ2v) is 4.50. The number of nitrogens with one attached hydrogen (secondary N) is 2. The van der Waals surface area contributed by atoms with E-state index in [0.29, 0.717) is 11.3 Å². The third kappa shape index (κ3) is 2.59. The van der Waals surface area contributed by atoms with E-state index in [-0.39, 0.29) is 11.5 Å². The molecule has 2 heterocycles. The number of carboxylic acid groups (broad SMARTS) is 1. The maximum Gasteiger partial charge on any atom is 0.337 e. The second-order valence-electron chi connectivity index (χ2n) is 4.50. The summed E-state index contributed by atoms with van der Waals surface area (Å²) >= 11 is 0. The zero-order chi connectivity index (χ0) is 14.8. The number of carboxylic acids is 1. The van der Waals surface area contributed by atoms with E-state index in [1.807, 2.05) is 12.1 Å². The summed E-state index contributed by atoms with van der Waals surface area (Å²) in [6.07, 6.45) is 4.42. The Bertz CT molecular complexity index is 839. The lowest BCUT2D eigenvalue weighted by molar-refractivity contribution is 0.0696. The van der Waals surface area contributed by atoms with Gasteiger partial charge in [0.2, 0.25) is 0 Å². The van der Waals surface area contributed by atoms with Gasteiger partial charge < -0.3 is 15.4 Å². The maximum absolute atomic E-state index is 12.2. The molecule has 6 heteroatoms. The molecule has 0 unspecified atom stereocenters. The van der Waals surface area contributed by atoms with Gasteiger partial charge in [-0.15, -0.1) is 0 Å². The number of rotatable bonds is 3. The predicted octanol–water partition coefficient (Wildman–Crippen LogP) is 2.51. The standard InChI is InChI=1S/C15H11N3O3/c19-14(10-2-1-9-3-4-17-13(9)6-10)18-12-5-11(15(20)21)7-16-8-12/h1-8,17H,(H,18,19)(H,20,21). The molecular weight excluding hydrogens is 270 g/mol. The Hall–Kier alpha value is -3.15. The number of pyridine rings is 1. The summed E-state index contributed by atoms with van der Waals surface area (Å²) in [6, 6.07) is 8.56. The first-order chi connectivity index (χ1) is 10.1. The van der Waals surface area contributed by atoms with E-state index in [2.05, 4.69) is 15.3 Å². The minimum absolute atomic E-state index is 0.0209. The SMILES string of the molecule is O=C(O)c1cncc(NC(=O)c2ccc3cc[nH]c3c2)c1. The van der Waals surface area contributed by atoms with Gasteiger partial charge in [-0.3, -0.25) is 9.78 Å². The maximum atomic E-state index is 12.2. The third-order valence-corrected chi connectivity index (χ3v) is 3.06. The first-order valence-electron chi connectivity index (χ1n) is 6.20. The van der Waals surface area contributed by atoms with Crippen LogP contribution in [0.3, 0.4) is 0 Å². The van der Waals surface area contributed by atoms with Gasteiger partial charge in [0.05, 0.1) is 17.4 Å². The highest BCUT2D eigenvalue weighted by molar-refractivity contribution is 6.06. The van der Waals surface area contributed by atoms with Crippen molar-refractivity contribution in [1.82, 2.24) is 9.97 Å². The van der Waals surface area contributed by atoms with Crippen molar-refractivity contribution >= 4 is 28.5 Å². The number of carbonyl (C=O) groups excluding carboxylic acids is 1. The normalized spacial score (nSPS) is 10.5. The van der Waals surface area contributed by atoms with Crippen LogP contribution in [-0.4, -0.2) is 27.0 Å². The molecule has 0 aliphatic rings. The fourth-order valence-electron chi connectivity index (χ4n) is 2.02. The highest BCUT2D eigenvalue weighted by Gasteiger charge is 2.09. The van der Waals surface area contributed by atoms with Crippen LogP contribution in [0.25, 0.3) is 10.9 Å². The summed E-state index contributed by atoms with van der Waals surface area (Å²) in [5.41, 5.74) is 1.70. The number of nitrogens with zero attached hydrogens (tertiary/aromatic N) is 1. The molecule has 1 amide bonds. The fourth-order valence-corrected chi connectivity index (χ4v) is 2.02. The average Bonchev–Trinajstić information content (AvgIpc) is 2.94. The van der Waals surface area contributed by atoms with Gasteiger partial charge in [0.25, 0.3) is 5.91 Å². The van der Waals surface area contributed by atoms with Crippen LogP contribution in [0.2, 0.25) is 0 Å². The summed E-state index contributed by atoms with van der Waals surface area (Å²) in [5.74, 6) is -1.41. The molecule has 3 aromatic rings. The van der Waals surface area contributed by atoms with E-state index in [4.69, 9.17) is 5.11 Å². The topological polar surface area (TPSA) is 95.1 Å². The number of H-pyrrole nitrogens is 1. The van der Waals surface area contributed by atoms with Crippen LogP contribution in [0, 0.1) is 0 Å². The minimum Gasteiger partial charge on any atom is -0.478 e. The Labute approximate surface area is 119 Å². The van der Waals surface area contributed by atoms with E-state index in [9.17, 15) is 9.59 Å². The predicted molar refractivity (Wildman–Crippen MR) is 77.4 cm³/mol. The Morgan fingerprint density at radius 3 is 2.76 bits per heavy atom. The molecule has 6 nitrogen and oxygen atoms in total. The summed E-state index contributed by atoms with van der Waals surface area (Å²) in [5, 5.41) is 12.5. The monoisotopic (exact) mass is 281 g/mol. The van der Waals surface area contributed by atoms with Crippen LogP contribution in [0.5, 0.6) is 0 Å². The molecule has 0 bridgehead atoms. The van der Waals surface area contributed by atoms with Gasteiger partial charge in [-0.25, -0.2) is 4.79 Å². The number of aromatic nitrogens is 2. The summed E-state index contributed by atoms with van der Waals surface area (Å²) in [4.78, 5) is 29.9. The van der Waals surface area contributed by atoms with Crippen molar-refractivity contribution < 1.29 is 14.7 Å². The van der Waals surface area contributed by atoms with E-state index < -0.39 is 5.97 Å². The van der Waals surface area contributed by atoms with Crippen molar-refractivity contribution in [3.63, 3.8) is 0 Å². The van der Waals surface area contributed by atoms with E-state index in [1.54, 1.807) is 18.3 Å². The molecule has 0 spiro atoms. The number of anilines is 1. The van der Waals surface area contributed by atoms with E-state index in [0.717, 1.165) is 10.9 Å². The molecule has 0 saturated heterocycles. The van der Waals surface area contributed by atoms with Crippen LogP contribution < -0.4 is 5.32 Å². The molecular formula is C15H11N3O3. The van der Waals surface area contributed by atoms with Crippen molar-refractivity contribution in [2.75, 3.05) is 5.32 Å². The van der Waals surface area contributed by atoms with Crippen molar-refractivity contribution in [1.29, 1.82) is 0 Å². The molecule has 104 valence electrons. The zero-order valence-electron chi connectivity index (χ0n) is 10.8. The molecule has 0 aliphatic heterocycles. The van der Waals surface area contributed by atoms with Gasteiger partial charge in [-0.05, 0) is 29.7 Å². The molecule has 1 aromatic carbocycles. The first kappa shape index (κ1) is 12.9. The third-order valence-electron chi connectivity index (χ3n) is 3.06. The Morgan fingerprint density at radius 2 is 1.95 bits per heavy atom. The fraction of sp³-hybridized carbons (Fsp3) is 0. The van der Waals surface area contributed by atoms with Crippen molar-refractivity contribution in [3.05, 3.63) is 60.0 Å². The zero-order valence-corrected chi connectivity index (χ0v) is 10.8. The van der Waals surface area contributed by atoms with Crippen LogP contribution in [0.4, 0.5) is 5.69 Å². The first-order valence-corrected chi connectivity index (χ1v) is 6.20. The number of carbonyl (C=O) groups is 2. The summed E-state index contributed by atoms with van der Waals surface area (Å²) in [7, 11) is 0. The average molecular weight is 281 g/mol. The molecule has 0 atom stereocenters. The Balaban J connectivity index is 1.85. The quantitative estimate of drug-likeness (QED) is 0.687. The van der Waals surface area contributed by atoms with Crippen LogP contribution in [0.15, 0.2) is 48.9 Å². The molecule has 0 fully saturated rings. The largest absolute Gasteiger partial charge is 0.478 e. The number of hydrogen-bond donors (Lipinski definition) is 3. The van der Waals surface area contributed by atoms with E-state index >= 15 is 0 Å². The highest BCUT2D eigenvalue weighted by Crippen LogP contribution is 2.16. The Morgan fingerprint density at radius 1 is 1.10 bits per heavy atom. The van der Waals surface area contributed by atoms with Crippen LogP contribution >= 0.6 is 0 Å². The molecule has 3 N–H and O–H groups in total.